The number of aromatic nitrogens is 6. The van der Waals surface area contributed by atoms with E-state index in [0.29, 0.717) is 30.1 Å². The molecule has 7 rings (SSSR count). The van der Waals surface area contributed by atoms with Gasteiger partial charge in [0.15, 0.2) is 11.5 Å². The third-order valence-corrected chi connectivity index (χ3v) is 7.95. The Morgan fingerprint density at radius 3 is 2.49 bits per heavy atom. The number of fused-ring (bicyclic) bond motifs is 3. The van der Waals surface area contributed by atoms with E-state index in [0.717, 1.165) is 38.2 Å². The van der Waals surface area contributed by atoms with Crippen molar-refractivity contribution in [1.29, 1.82) is 0 Å². The van der Waals surface area contributed by atoms with Crippen molar-refractivity contribution in [3.8, 4) is 33.3 Å². The van der Waals surface area contributed by atoms with Crippen molar-refractivity contribution in [2.75, 3.05) is 0 Å². The molecule has 0 unspecified atom stereocenters. The van der Waals surface area contributed by atoms with Crippen LogP contribution in [0.2, 0.25) is 0 Å². The van der Waals surface area contributed by atoms with Crippen molar-refractivity contribution in [2.45, 2.75) is 30.9 Å². The van der Waals surface area contributed by atoms with Crippen LogP contribution in [0.3, 0.4) is 0 Å². The first-order valence-corrected chi connectivity index (χ1v) is 12.9. The van der Waals surface area contributed by atoms with Crippen LogP contribution < -0.4 is 5.73 Å². The van der Waals surface area contributed by atoms with Gasteiger partial charge >= 0.3 is 0 Å². The minimum atomic E-state index is -0.695. The van der Waals surface area contributed by atoms with Crippen molar-refractivity contribution in [3.63, 3.8) is 0 Å². The van der Waals surface area contributed by atoms with Crippen LogP contribution in [0.4, 0.5) is 0 Å². The smallest absolute Gasteiger partial charge is 0.206 e. The molecule has 5 heterocycles. The fourth-order valence-electron chi connectivity index (χ4n) is 5.47. The lowest BCUT2D eigenvalue weighted by molar-refractivity contribution is -0.0738. The molecule has 0 bridgehead atoms. The third-order valence-electron chi connectivity index (χ3n) is 7.05. The van der Waals surface area contributed by atoms with Gasteiger partial charge in [-0.1, -0.05) is 30.3 Å². The Labute approximate surface area is 216 Å². The lowest BCUT2D eigenvalue weighted by Crippen LogP contribution is -2.58. The molecule has 5 aromatic heterocycles. The van der Waals surface area contributed by atoms with E-state index >= 15 is 0 Å². The monoisotopic (exact) mass is 505 g/mol. The first-order valence-electron chi connectivity index (χ1n) is 12.0. The fourth-order valence-corrected chi connectivity index (χ4v) is 6.22. The van der Waals surface area contributed by atoms with Gasteiger partial charge in [0, 0.05) is 45.5 Å². The van der Waals surface area contributed by atoms with E-state index in [2.05, 4.69) is 61.9 Å². The Kier molecular flexibility index (Phi) is 4.78. The molecule has 3 N–H and O–H groups in total. The van der Waals surface area contributed by atoms with E-state index in [9.17, 15) is 5.11 Å². The van der Waals surface area contributed by atoms with Crippen molar-refractivity contribution < 1.29 is 5.11 Å². The third kappa shape index (κ3) is 3.62. The highest BCUT2D eigenvalue weighted by Gasteiger charge is 2.49. The molecule has 0 spiro atoms. The molecular weight excluding hydrogens is 482 g/mol. The van der Waals surface area contributed by atoms with Gasteiger partial charge in [0.05, 0.1) is 16.8 Å². The van der Waals surface area contributed by atoms with Gasteiger partial charge in [-0.15, -0.1) is 21.5 Å². The molecule has 182 valence electrons. The first-order chi connectivity index (χ1) is 17.9. The summed E-state index contributed by atoms with van der Waals surface area (Å²) in [5.41, 5.74) is 10.9. The predicted octanol–water partition coefficient (Wildman–Crippen LogP) is 4.83. The Bertz CT molecular complexity index is 1750. The lowest BCUT2D eigenvalue weighted by Gasteiger charge is -2.49. The molecule has 37 heavy (non-hydrogen) atoms. The maximum absolute atomic E-state index is 10.2. The van der Waals surface area contributed by atoms with Gasteiger partial charge in [-0.3, -0.25) is 4.40 Å². The predicted molar refractivity (Wildman–Crippen MR) is 144 cm³/mol. The maximum atomic E-state index is 10.2. The number of hydrogen-bond acceptors (Lipinski definition) is 8. The van der Waals surface area contributed by atoms with E-state index in [4.69, 9.17) is 10.7 Å². The molecule has 1 aromatic carbocycles. The lowest BCUT2D eigenvalue weighted by atomic mass is 9.63. The maximum Gasteiger partial charge on any atom is 0.206 e. The van der Waals surface area contributed by atoms with Crippen LogP contribution in [-0.4, -0.2) is 40.3 Å². The highest BCUT2D eigenvalue weighted by Crippen LogP contribution is 2.46. The summed E-state index contributed by atoms with van der Waals surface area (Å²) in [4.78, 5) is 14.9. The van der Waals surface area contributed by atoms with Gasteiger partial charge in [-0.2, -0.15) is 0 Å². The van der Waals surface area contributed by atoms with Crippen LogP contribution in [0, 0.1) is 0 Å². The summed E-state index contributed by atoms with van der Waals surface area (Å²) in [6, 6.07) is 18.3. The number of rotatable bonds is 4. The van der Waals surface area contributed by atoms with E-state index in [1.165, 1.54) is 0 Å². The second kappa shape index (κ2) is 7.97. The highest BCUT2D eigenvalue weighted by atomic mass is 32.1. The average Bonchev–Trinajstić information content (AvgIpc) is 3.58. The number of aliphatic hydroxyl groups is 1. The molecule has 6 aromatic rings. The van der Waals surface area contributed by atoms with Gasteiger partial charge in [0.1, 0.15) is 0 Å². The van der Waals surface area contributed by atoms with E-state index in [1.807, 2.05) is 29.7 Å². The van der Waals surface area contributed by atoms with Crippen molar-refractivity contribution in [3.05, 3.63) is 84.1 Å². The topological polar surface area (TPSA) is 115 Å². The van der Waals surface area contributed by atoms with Gasteiger partial charge < -0.3 is 10.8 Å². The van der Waals surface area contributed by atoms with Crippen LogP contribution in [0.15, 0.2) is 78.6 Å². The van der Waals surface area contributed by atoms with Crippen molar-refractivity contribution >= 4 is 27.9 Å². The number of pyridine rings is 2. The van der Waals surface area contributed by atoms with Crippen LogP contribution in [-0.2, 0) is 5.54 Å². The van der Waals surface area contributed by atoms with Crippen molar-refractivity contribution in [2.24, 2.45) is 5.73 Å². The Morgan fingerprint density at radius 2 is 1.78 bits per heavy atom. The Hall–Kier alpha value is -4.05. The van der Waals surface area contributed by atoms with Gasteiger partial charge in [-0.05, 0) is 55.0 Å². The number of nitrogens with two attached hydrogens (primary N) is 1. The number of hydrogen-bond donors (Lipinski definition) is 2. The number of nitrogens with zero attached hydrogens (tertiary/aromatic N) is 6. The molecule has 8 nitrogen and oxygen atoms in total. The molecule has 1 fully saturated rings. The number of benzene rings is 1. The van der Waals surface area contributed by atoms with Crippen molar-refractivity contribution in [1.82, 2.24) is 29.5 Å². The highest BCUT2D eigenvalue weighted by molar-refractivity contribution is 7.13. The normalized spacial score (nSPS) is 21.4. The quantitative estimate of drug-likeness (QED) is 0.353. The summed E-state index contributed by atoms with van der Waals surface area (Å²) in [5.74, 6) is 1.10. The molecule has 0 aliphatic heterocycles. The average molecular weight is 506 g/mol. The largest absolute Gasteiger partial charge is 0.390 e. The molecule has 0 atom stereocenters. The van der Waals surface area contributed by atoms with Gasteiger partial charge in [-0.25, -0.2) is 15.0 Å². The second-order valence-electron chi connectivity index (χ2n) is 9.98. The summed E-state index contributed by atoms with van der Waals surface area (Å²) in [7, 11) is 0. The second-order valence-corrected chi connectivity index (χ2v) is 10.9. The molecule has 1 aliphatic rings. The van der Waals surface area contributed by atoms with Gasteiger partial charge in [0.25, 0.3) is 0 Å². The van der Waals surface area contributed by atoms with E-state index < -0.39 is 11.1 Å². The minimum absolute atomic E-state index is 0.491. The standard InChI is InChI=1S/C28H23N7OS/c1-27(36)15-28(29,16-27)18-7-5-17(6-8-18)23-20(22-4-2-13-37-22)14-19-21(32-23)9-12-35-25(19)33-34-26(35)24-30-10-3-11-31-24/h2-14,36H,15-16,29H2,1H3/t27-,28+. The molecule has 0 amide bonds. The molecular formula is C28H23N7OS. The zero-order valence-corrected chi connectivity index (χ0v) is 20.9. The number of thiophene rings is 1. The van der Waals surface area contributed by atoms with Gasteiger partial charge in [0.2, 0.25) is 5.82 Å². The Balaban J connectivity index is 1.37. The zero-order chi connectivity index (χ0) is 25.2. The van der Waals surface area contributed by atoms with Crippen LogP contribution in [0.5, 0.6) is 0 Å². The summed E-state index contributed by atoms with van der Waals surface area (Å²) < 4.78 is 1.90. The van der Waals surface area contributed by atoms with E-state index in [-0.39, 0.29) is 0 Å². The minimum Gasteiger partial charge on any atom is -0.390 e. The zero-order valence-electron chi connectivity index (χ0n) is 20.0. The summed E-state index contributed by atoms with van der Waals surface area (Å²) in [6.07, 6.45) is 6.40. The summed E-state index contributed by atoms with van der Waals surface area (Å²) in [5, 5.41) is 22.0. The summed E-state index contributed by atoms with van der Waals surface area (Å²) in [6.45, 7) is 1.83. The van der Waals surface area contributed by atoms with E-state index in [1.54, 1.807) is 29.8 Å². The molecule has 9 heteroatoms. The molecule has 0 radical (unpaired) electrons. The van der Waals surface area contributed by atoms with Crippen LogP contribution in [0.25, 0.3) is 49.9 Å². The summed E-state index contributed by atoms with van der Waals surface area (Å²) >= 11 is 1.67. The fraction of sp³-hybridized carbons (Fsp3) is 0.179. The van der Waals surface area contributed by atoms with Crippen LogP contribution in [0.1, 0.15) is 25.3 Å². The SMILES string of the molecule is C[C@]1(O)C[C@](N)(c2ccc(-c3nc4ccn5c(-c6ncccn6)nnc5c4cc3-c3cccs3)cc2)C1. The Morgan fingerprint density at radius 1 is 1.00 bits per heavy atom. The molecule has 1 saturated carbocycles. The van der Waals surface area contributed by atoms with Crippen LogP contribution >= 0.6 is 11.3 Å². The molecule has 1 aliphatic carbocycles. The molecule has 0 saturated heterocycles. The first kappa shape index (κ1) is 22.2.